The maximum Gasteiger partial charge on any atom is 0.220 e. The second kappa shape index (κ2) is 8.77. The van der Waals surface area contributed by atoms with Gasteiger partial charge in [-0.3, -0.25) is 4.79 Å². The molecular weight excluding hydrogens is 400 g/mol. The zero-order chi connectivity index (χ0) is 22.1. The number of hydrogen-bond donors (Lipinski definition) is 2. The fraction of sp³-hybridized carbons (Fsp3) is 0.296. The van der Waals surface area contributed by atoms with E-state index in [2.05, 4.69) is 48.5 Å². The lowest BCUT2D eigenvalue weighted by Crippen LogP contribution is -3.28. The van der Waals surface area contributed by atoms with Crippen molar-refractivity contribution in [2.45, 2.75) is 6.04 Å². The van der Waals surface area contributed by atoms with Gasteiger partial charge in [0.1, 0.15) is 50.3 Å². The van der Waals surface area contributed by atoms with Crippen molar-refractivity contribution in [2.24, 2.45) is 0 Å². The summed E-state index contributed by atoms with van der Waals surface area (Å²) < 4.78 is 10.7. The second-order valence-electron chi connectivity index (χ2n) is 8.68. The Morgan fingerprint density at radius 3 is 2.06 bits per heavy atom. The number of fused-ring (bicyclic) bond motifs is 3. The topological polar surface area (TPSA) is 44.4 Å². The Balaban J connectivity index is 1.29. The highest BCUT2D eigenvalue weighted by molar-refractivity contribution is 5.99. The van der Waals surface area contributed by atoms with Gasteiger partial charge in [-0.25, -0.2) is 0 Å². The Labute approximate surface area is 189 Å². The number of ketones is 1. The van der Waals surface area contributed by atoms with Gasteiger partial charge >= 0.3 is 0 Å². The summed E-state index contributed by atoms with van der Waals surface area (Å²) >= 11 is 0. The first-order chi connectivity index (χ1) is 15.7. The molecular formula is C27H30N2O3+2. The Hall–Kier alpha value is -3.15. The molecule has 1 heterocycles. The molecule has 2 aliphatic rings. The monoisotopic (exact) mass is 430 g/mol. The molecule has 164 valence electrons. The average Bonchev–Trinajstić information content (AvgIpc) is 3.18. The van der Waals surface area contributed by atoms with Gasteiger partial charge in [0, 0.05) is 11.1 Å². The number of benzene rings is 3. The fourth-order valence-corrected chi connectivity index (χ4v) is 5.34. The van der Waals surface area contributed by atoms with Gasteiger partial charge in [-0.15, -0.1) is 0 Å². The van der Waals surface area contributed by atoms with Gasteiger partial charge < -0.3 is 19.3 Å². The van der Waals surface area contributed by atoms with Gasteiger partial charge in [-0.2, -0.15) is 0 Å². The smallest absolute Gasteiger partial charge is 0.220 e. The van der Waals surface area contributed by atoms with Crippen LogP contribution in [0.1, 0.15) is 27.5 Å². The van der Waals surface area contributed by atoms with Crippen molar-refractivity contribution in [3.8, 4) is 22.6 Å². The summed E-state index contributed by atoms with van der Waals surface area (Å²) in [6, 6.07) is 23.4. The molecule has 0 aromatic heterocycles. The minimum absolute atomic E-state index is 0.107. The number of carbonyl (C=O) groups excluding carboxylic acids is 1. The van der Waals surface area contributed by atoms with Crippen molar-refractivity contribution >= 4 is 5.78 Å². The normalized spacial score (nSPS) is 19.8. The quantitative estimate of drug-likeness (QED) is 0.582. The van der Waals surface area contributed by atoms with Crippen LogP contribution in [-0.2, 0) is 0 Å². The molecule has 3 aromatic carbocycles. The molecule has 0 spiro atoms. The summed E-state index contributed by atoms with van der Waals surface area (Å²) in [4.78, 5) is 16.0. The molecule has 5 heteroatoms. The van der Waals surface area contributed by atoms with Crippen molar-refractivity contribution in [3.63, 3.8) is 0 Å². The SMILES string of the molecule is COc1ccc(OC)c(C(=O)C[NH+]2CC[NH+](C3c4ccccc4-c4ccccc43)CC2)c1. The summed E-state index contributed by atoms with van der Waals surface area (Å²) in [7, 11) is 3.22. The maximum atomic E-state index is 13.1. The minimum atomic E-state index is 0.107. The van der Waals surface area contributed by atoms with Crippen LogP contribution in [0.4, 0.5) is 0 Å². The second-order valence-corrected chi connectivity index (χ2v) is 8.68. The van der Waals surface area contributed by atoms with Crippen LogP contribution in [0.3, 0.4) is 0 Å². The zero-order valence-corrected chi connectivity index (χ0v) is 18.7. The van der Waals surface area contributed by atoms with Gasteiger partial charge in [0.25, 0.3) is 0 Å². The molecule has 3 aromatic rings. The molecule has 0 atom stereocenters. The molecule has 0 amide bonds. The molecule has 5 rings (SSSR count). The number of methoxy groups -OCH3 is 2. The Morgan fingerprint density at radius 1 is 0.844 bits per heavy atom. The molecule has 1 saturated heterocycles. The third-order valence-corrected chi connectivity index (χ3v) is 6.96. The van der Waals surface area contributed by atoms with Crippen LogP contribution in [-0.4, -0.2) is 52.7 Å². The van der Waals surface area contributed by atoms with Crippen molar-refractivity contribution in [1.29, 1.82) is 0 Å². The van der Waals surface area contributed by atoms with Crippen molar-refractivity contribution in [1.82, 2.24) is 0 Å². The van der Waals surface area contributed by atoms with Gasteiger partial charge in [0.15, 0.2) is 0 Å². The van der Waals surface area contributed by atoms with Gasteiger partial charge in [0.05, 0.1) is 19.8 Å². The summed E-state index contributed by atoms with van der Waals surface area (Å²) in [5.74, 6) is 1.39. The number of quaternary nitrogens is 2. The fourth-order valence-electron chi connectivity index (χ4n) is 5.34. The number of ether oxygens (including phenoxy) is 2. The number of rotatable bonds is 6. The molecule has 1 fully saturated rings. The van der Waals surface area contributed by atoms with Gasteiger partial charge in [0.2, 0.25) is 5.78 Å². The van der Waals surface area contributed by atoms with Gasteiger partial charge in [-0.1, -0.05) is 48.5 Å². The molecule has 1 aliphatic carbocycles. The Bertz CT molecular complexity index is 1090. The highest BCUT2D eigenvalue weighted by atomic mass is 16.5. The molecule has 32 heavy (non-hydrogen) atoms. The summed E-state index contributed by atoms with van der Waals surface area (Å²) in [5, 5.41) is 0. The van der Waals surface area contributed by atoms with E-state index < -0.39 is 0 Å². The van der Waals surface area contributed by atoms with E-state index in [1.807, 2.05) is 6.07 Å². The summed E-state index contributed by atoms with van der Waals surface area (Å²) in [6.07, 6.45) is 0. The Morgan fingerprint density at radius 2 is 1.47 bits per heavy atom. The third kappa shape index (κ3) is 3.68. The lowest BCUT2D eigenvalue weighted by atomic mass is 10.0. The first-order valence-corrected chi connectivity index (χ1v) is 11.3. The average molecular weight is 431 g/mol. The van der Waals surface area contributed by atoms with Crippen molar-refractivity contribution in [2.75, 3.05) is 46.9 Å². The number of Topliss-reactive ketones (excluding diaryl/α,β-unsaturated/α-hetero) is 1. The van der Waals surface area contributed by atoms with Crippen LogP contribution in [0.25, 0.3) is 11.1 Å². The van der Waals surface area contributed by atoms with E-state index in [1.54, 1.807) is 31.3 Å². The lowest BCUT2D eigenvalue weighted by molar-refractivity contribution is -1.02. The predicted octanol–water partition coefficient (Wildman–Crippen LogP) is 1.44. The Kier molecular flexibility index (Phi) is 5.68. The van der Waals surface area contributed by atoms with Crippen LogP contribution in [0.15, 0.2) is 66.7 Å². The van der Waals surface area contributed by atoms with Crippen molar-refractivity contribution < 1.29 is 24.1 Å². The number of piperazine rings is 1. The summed E-state index contributed by atoms with van der Waals surface area (Å²) in [6.45, 7) is 4.54. The van der Waals surface area contributed by atoms with E-state index >= 15 is 0 Å². The largest absolute Gasteiger partial charge is 0.497 e. The first-order valence-electron chi connectivity index (χ1n) is 11.3. The molecule has 0 saturated carbocycles. The third-order valence-electron chi connectivity index (χ3n) is 6.96. The predicted molar refractivity (Wildman–Crippen MR) is 124 cm³/mol. The van der Waals surface area contributed by atoms with E-state index in [1.165, 1.54) is 27.2 Å². The highest BCUT2D eigenvalue weighted by Gasteiger charge is 2.38. The molecule has 0 radical (unpaired) electrons. The van der Waals surface area contributed by atoms with Crippen LogP contribution >= 0.6 is 0 Å². The molecule has 2 N–H and O–H groups in total. The van der Waals surface area contributed by atoms with E-state index in [0.29, 0.717) is 29.6 Å². The van der Waals surface area contributed by atoms with Crippen LogP contribution in [0.2, 0.25) is 0 Å². The first kappa shape index (κ1) is 20.7. The standard InChI is InChI=1S/C27H28N2O3/c1-31-19-11-12-26(32-2)24(17-19)25(30)18-28-13-15-29(16-14-28)27-22-9-5-3-7-20(22)21-8-4-6-10-23(21)27/h3-12,17,27H,13-16,18H2,1-2H3/p+2. The van der Waals surface area contributed by atoms with Crippen LogP contribution < -0.4 is 19.3 Å². The van der Waals surface area contributed by atoms with Crippen molar-refractivity contribution in [3.05, 3.63) is 83.4 Å². The van der Waals surface area contributed by atoms with E-state index in [-0.39, 0.29) is 5.78 Å². The highest BCUT2D eigenvalue weighted by Crippen LogP contribution is 2.41. The van der Waals surface area contributed by atoms with E-state index in [4.69, 9.17) is 9.47 Å². The van der Waals surface area contributed by atoms with Crippen LogP contribution in [0, 0.1) is 0 Å². The van der Waals surface area contributed by atoms with E-state index in [9.17, 15) is 4.79 Å². The molecule has 1 aliphatic heterocycles. The summed E-state index contributed by atoms with van der Waals surface area (Å²) in [5.41, 5.74) is 6.22. The molecule has 5 nitrogen and oxygen atoms in total. The zero-order valence-electron chi connectivity index (χ0n) is 18.7. The van der Waals surface area contributed by atoms with E-state index in [0.717, 1.165) is 26.2 Å². The lowest BCUT2D eigenvalue weighted by Gasteiger charge is -2.33. The number of hydrogen-bond acceptors (Lipinski definition) is 3. The van der Waals surface area contributed by atoms with Crippen LogP contribution in [0.5, 0.6) is 11.5 Å². The number of carbonyl (C=O) groups is 1. The maximum absolute atomic E-state index is 13.1. The molecule has 0 unspecified atom stereocenters. The minimum Gasteiger partial charge on any atom is -0.497 e. The number of nitrogens with one attached hydrogen (secondary N) is 2. The van der Waals surface area contributed by atoms with Gasteiger partial charge in [-0.05, 0) is 29.3 Å². The molecule has 0 bridgehead atoms.